The molecule has 0 aliphatic rings. The van der Waals surface area contributed by atoms with Crippen LogP contribution in [-0.2, 0) is 6.18 Å². The van der Waals surface area contributed by atoms with Gasteiger partial charge in [0.2, 0.25) is 0 Å². The highest BCUT2D eigenvalue weighted by molar-refractivity contribution is 5.51. The predicted molar refractivity (Wildman–Crippen MR) is 68.4 cm³/mol. The van der Waals surface area contributed by atoms with E-state index in [1.807, 2.05) is 0 Å². The number of anilines is 2. The average Bonchev–Trinajstić information content (AvgIpc) is 2.35. The van der Waals surface area contributed by atoms with Crippen LogP contribution in [0.4, 0.5) is 24.8 Å². The lowest BCUT2D eigenvalue weighted by Crippen LogP contribution is -2.27. The van der Waals surface area contributed by atoms with E-state index in [1.165, 1.54) is 0 Å². The number of likely N-dealkylation sites (N-methyl/N-ethyl adjacent to an activating group) is 1. The largest absolute Gasteiger partial charge is 0.416 e. The van der Waals surface area contributed by atoms with Gasteiger partial charge in [-0.05, 0) is 26.0 Å². The van der Waals surface area contributed by atoms with Gasteiger partial charge in [-0.25, -0.2) is 4.98 Å². The highest BCUT2D eigenvalue weighted by Gasteiger charge is 2.32. The van der Waals surface area contributed by atoms with Crippen molar-refractivity contribution < 1.29 is 18.3 Å². The second-order valence-corrected chi connectivity index (χ2v) is 3.93. The number of hydrogen-bond donors (Lipinski definition) is 2. The lowest BCUT2D eigenvalue weighted by molar-refractivity contribution is -0.137. The van der Waals surface area contributed by atoms with Crippen molar-refractivity contribution in [3.63, 3.8) is 0 Å². The van der Waals surface area contributed by atoms with Crippen LogP contribution in [0.5, 0.6) is 0 Å². The minimum Gasteiger partial charge on any atom is -0.395 e. The summed E-state index contributed by atoms with van der Waals surface area (Å²) < 4.78 is 38.5. The monoisotopic (exact) mass is 277 g/mol. The number of aliphatic hydroxyl groups is 1. The van der Waals surface area contributed by atoms with Gasteiger partial charge in [-0.15, -0.1) is 0 Å². The Labute approximate surface area is 110 Å². The fourth-order valence-corrected chi connectivity index (χ4v) is 1.67. The number of aliphatic hydroxyl groups excluding tert-OH is 1. The van der Waals surface area contributed by atoms with Crippen LogP contribution in [0.25, 0.3) is 0 Å². The van der Waals surface area contributed by atoms with Crippen LogP contribution in [0.1, 0.15) is 19.4 Å². The van der Waals surface area contributed by atoms with E-state index in [1.54, 1.807) is 18.7 Å². The van der Waals surface area contributed by atoms with Crippen LogP contribution in [0.15, 0.2) is 12.1 Å². The third-order valence-electron chi connectivity index (χ3n) is 2.57. The normalized spacial score (nSPS) is 11.5. The molecule has 19 heavy (non-hydrogen) atoms. The zero-order chi connectivity index (χ0) is 14.5. The molecule has 1 rings (SSSR count). The van der Waals surface area contributed by atoms with Gasteiger partial charge in [-0.1, -0.05) is 0 Å². The van der Waals surface area contributed by atoms with E-state index in [0.717, 1.165) is 12.1 Å². The summed E-state index contributed by atoms with van der Waals surface area (Å²) >= 11 is 0. The first kappa shape index (κ1) is 15.6. The van der Waals surface area contributed by atoms with Crippen LogP contribution < -0.4 is 10.2 Å². The Morgan fingerprint density at radius 1 is 1.32 bits per heavy atom. The van der Waals surface area contributed by atoms with Gasteiger partial charge in [0, 0.05) is 19.6 Å². The Morgan fingerprint density at radius 3 is 2.47 bits per heavy atom. The molecule has 0 amide bonds. The number of rotatable bonds is 6. The molecule has 0 saturated heterocycles. The molecule has 4 nitrogen and oxygen atoms in total. The van der Waals surface area contributed by atoms with Crippen molar-refractivity contribution in [2.45, 2.75) is 20.0 Å². The summed E-state index contributed by atoms with van der Waals surface area (Å²) in [4.78, 5) is 5.72. The van der Waals surface area contributed by atoms with Crippen molar-refractivity contribution in [2.24, 2.45) is 0 Å². The van der Waals surface area contributed by atoms with Gasteiger partial charge in [0.1, 0.15) is 11.6 Å². The topological polar surface area (TPSA) is 48.4 Å². The van der Waals surface area contributed by atoms with Crippen molar-refractivity contribution in [3.8, 4) is 0 Å². The first-order chi connectivity index (χ1) is 8.92. The Balaban J connectivity index is 3.18. The number of aromatic nitrogens is 1. The molecule has 0 aliphatic carbocycles. The first-order valence-electron chi connectivity index (χ1n) is 6.11. The van der Waals surface area contributed by atoms with Crippen LogP contribution >= 0.6 is 0 Å². The van der Waals surface area contributed by atoms with Crippen LogP contribution in [-0.4, -0.2) is 36.3 Å². The van der Waals surface area contributed by atoms with Crippen molar-refractivity contribution in [2.75, 3.05) is 36.5 Å². The van der Waals surface area contributed by atoms with Gasteiger partial charge in [0.05, 0.1) is 12.2 Å². The van der Waals surface area contributed by atoms with Gasteiger partial charge in [-0.2, -0.15) is 13.2 Å². The van der Waals surface area contributed by atoms with E-state index < -0.39 is 11.7 Å². The smallest absolute Gasteiger partial charge is 0.395 e. The Hall–Kier alpha value is -1.50. The third kappa shape index (κ3) is 4.27. The molecule has 2 N–H and O–H groups in total. The number of hydrogen-bond acceptors (Lipinski definition) is 4. The Kier molecular flexibility index (Phi) is 5.41. The van der Waals surface area contributed by atoms with E-state index >= 15 is 0 Å². The van der Waals surface area contributed by atoms with E-state index in [4.69, 9.17) is 5.11 Å². The number of nitrogens with zero attached hydrogens (tertiary/aromatic N) is 2. The summed E-state index contributed by atoms with van der Waals surface area (Å²) in [7, 11) is 0. The fraction of sp³-hybridized carbons (Fsp3) is 0.583. The maximum atomic E-state index is 12.8. The van der Waals surface area contributed by atoms with Crippen LogP contribution in [0.2, 0.25) is 0 Å². The zero-order valence-corrected chi connectivity index (χ0v) is 11.0. The second-order valence-electron chi connectivity index (χ2n) is 3.93. The molecule has 0 radical (unpaired) electrons. The van der Waals surface area contributed by atoms with E-state index in [-0.39, 0.29) is 24.8 Å². The molecule has 0 unspecified atom stereocenters. The van der Waals surface area contributed by atoms with Crippen molar-refractivity contribution in [1.82, 2.24) is 4.98 Å². The molecule has 0 fully saturated rings. The average molecular weight is 277 g/mol. The Morgan fingerprint density at radius 2 is 2.00 bits per heavy atom. The molecule has 0 atom stereocenters. The molecule has 1 aromatic rings. The van der Waals surface area contributed by atoms with Crippen LogP contribution in [0, 0.1) is 0 Å². The number of alkyl halides is 3. The van der Waals surface area contributed by atoms with Gasteiger partial charge in [0.25, 0.3) is 0 Å². The van der Waals surface area contributed by atoms with Gasteiger partial charge >= 0.3 is 6.18 Å². The zero-order valence-electron chi connectivity index (χ0n) is 11.0. The lowest BCUT2D eigenvalue weighted by atomic mass is 10.2. The molecule has 7 heteroatoms. The number of nitrogens with one attached hydrogen (secondary N) is 1. The van der Waals surface area contributed by atoms with Gasteiger partial charge < -0.3 is 15.3 Å². The molecule has 108 valence electrons. The number of pyridine rings is 1. The van der Waals surface area contributed by atoms with Gasteiger partial charge in [-0.3, -0.25) is 0 Å². The Bertz CT molecular complexity index is 410. The van der Waals surface area contributed by atoms with E-state index in [9.17, 15) is 13.2 Å². The predicted octanol–water partition coefficient (Wildman–Crippen LogP) is 2.35. The minimum atomic E-state index is -4.42. The molecular formula is C12H18F3N3O. The fourth-order valence-electron chi connectivity index (χ4n) is 1.67. The summed E-state index contributed by atoms with van der Waals surface area (Å²) in [5.41, 5.74) is -0.746. The van der Waals surface area contributed by atoms with E-state index in [2.05, 4.69) is 10.3 Å². The number of halogens is 3. The summed E-state index contributed by atoms with van der Waals surface area (Å²) in [6.45, 7) is 4.65. The SMILES string of the molecule is CCNc1cc(C(F)(F)F)cc(N(CC)CCO)n1. The molecular weight excluding hydrogens is 259 g/mol. The summed E-state index contributed by atoms with van der Waals surface area (Å²) in [5.74, 6) is 0.394. The van der Waals surface area contributed by atoms with Crippen molar-refractivity contribution in [3.05, 3.63) is 17.7 Å². The molecule has 0 aliphatic heterocycles. The van der Waals surface area contributed by atoms with E-state index in [0.29, 0.717) is 13.1 Å². The molecule has 0 bridgehead atoms. The minimum absolute atomic E-state index is 0.137. The highest BCUT2D eigenvalue weighted by Crippen LogP contribution is 2.32. The third-order valence-corrected chi connectivity index (χ3v) is 2.57. The lowest BCUT2D eigenvalue weighted by Gasteiger charge is -2.22. The molecule has 0 saturated carbocycles. The standard InChI is InChI=1S/C12H18F3N3O/c1-3-16-10-7-9(12(13,14)15)8-11(17-10)18(4-2)5-6-19/h7-8,19H,3-6H2,1-2H3,(H,16,17). The summed E-state index contributed by atoms with van der Waals surface area (Å²) in [6.07, 6.45) is -4.42. The summed E-state index contributed by atoms with van der Waals surface area (Å²) in [5, 5.41) is 11.7. The maximum absolute atomic E-state index is 12.8. The molecule has 1 heterocycles. The summed E-state index contributed by atoms with van der Waals surface area (Å²) in [6, 6.07) is 1.99. The molecule has 1 aromatic heterocycles. The van der Waals surface area contributed by atoms with Gasteiger partial charge in [0.15, 0.2) is 0 Å². The second kappa shape index (κ2) is 6.60. The maximum Gasteiger partial charge on any atom is 0.416 e. The molecule has 0 aromatic carbocycles. The quantitative estimate of drug-likeness (QED) is 0.838. The van der Waals surface area contributed by atoms with Crippen LogP contribution in [0.3, 0.4) is 0 Å². The van der Waals surface area contributed by atoms with Crippen molar-refractivity contribution >= 4 is 11.6 Å². The highest BCUT2D eigenvalue weighted by atomic mass is 19.4. The molecule has 0 spiro atoms. The van der Waals surface area contributed by atoms with Crippen molar-refractivity contribution in [1.29, 1.82) is 0 Å². The first-order valence-corrected chi connectivity index (χ1v) is 6.11.